The molecule has 0 radical (unpaired) electrons. The molecule has 2 aromatic rings. The summed E-state index contributed by atoms with van der Waals surface area (Å²) in [5.41, 5.74) is 1.20. The lowest BCUT2D eigenvalue weighted by molar-refractivity contribution is 0.270. The van der Waals surface area contributed by atoms with Gasteiger partial charge in [-0.2, -0.15) is 0 Å². The third kappa shape index (κ3) is 6.22. The largest absolute Gasteiger partial charge is 0.494 e. The summed E-state index contributed by atoms with van der Waals surface area (Å²) < 4.78 is 11.9. The molecular formula is C22H31BrO2. The zero-order valence-electron chi connectivity index (χ0n) is 16.0. The molecule has 0 saturated carbocycles. The Morgan fingerprint density at radius 2 is 1.84 bits per heavy atom. The summed E-state index contributed by atoms with van der Waals surface area (Å²) in [6.07, 6.45) is 4.71. The molecule has 0 spiro atoms. The molecule has 0 amide bonds. The highest BCUT2D eigenvalue weighted by Crippen LogP contribution is 2.30. The van der Waals surface area contributed by atoms with Crippen molar-refractivity contribution < 1.29 is 9.47 Å². The van der Waals surface area contributed by atoms with Crippen molar-refractivity contribution in [3.05, 3.63) is 35.9 Å². The summed E-state index contributed by atoms with van der Waals surface area (Å²) in [5, 5.41) is 2.44. The average molecular weight is 407 g/mol. The van der Waals surface area contributed by atoms with E-state index in [4.69, 9.17) is 9.47 Å². The second-order valence-corrected chi connectivity index (χ2v) is 8.42. The Bertz CT molecular complexity index is 666. The lowest BCUT2D eigenvalue weighted by atomic mass is 10.0. The average Bonchev–Trinajstić information content (AvgIpc) is 2.60. The Kier molecular flexibility index (Phi) is 8.08. The molecular weight excluding hydrogens is 376 g/mol. The lowest BCUT2D eigenvalue weighted by Crippen LogP contribution is -2.05. The molecule has 2 aromatic carbocycles. The highest BCUT2D eigenvalue weighted by Gasteiger charge is 2.07. The Balaban J connectivity index is 1.94. The first-order chi connectivity index (χ1) is 12.0. The number of halogens is 1. The van der Waals surface area contributed by atoms with Crippen LogP contribution in [0, 0.1) is 12.8 Å². The minimum Gasteiger partial charge on any atom is -0.494 e. The molecule has 25 heavy (non-hydrogen) atoms. The smallest absolute Gasteiger partial charge is 0.122 e. The second kappa shape index (κ2) is 10.1. The van der Waals surface area contributed by atoms with E-state index in [2.05, 4.69) is 74.0 Å². The van der Waals surface area contributed by atoms with Crippen molar-refractivity contribution in [3.63, 3.8) is 0 Å². The number of ether oxygens (including phenoxy) is 2. The molecule has 0 aliphatic heterocycles. The molecule has 2 rings (SSSR count). The minimum absolute atomic E-state index is 0.531. The summed E-state index contributed by atoms with van der Waals surface area (Å²) in [5.74, 6) is 2.46. The van der Waals surface area contributed by atoms with Gasteiger partial charge in [0.1, 0.15) is 11.5 Å². The zero-order valence-corrected chi connectivity index (χ0v) is 17.6. The van der Waals surface area contributed by atoms with E-state index in [1.165, 1.54) is 35.6 Å². The topological polar surface area (TPSA) is 18.5 Å². The Labute approximate surface area is 161 Å². The van der Waals surface area contributed by atoms with Gasteiger partial charge in [0.05, 0.1) is 13.2 Å². The number of hydrogen-bond acceptors (Lipinski definition) is 2. The quantitative estimate of drug-likeness (QED) is 0.315. The second-order valence-electron chi connectivity index (χ2n) is 7.13. The first kappa shape index (κ1) is 20.1. The van der Waals surface area contributed by atoms with Crippen LogP contribution in [0.25, 0.3) is 10.8 Å². The van der Waals surface area contributed by atoms with E-state index in [0.717, 1.165) is 31.1 Å². The van der Waals surface area contributed by atoms with Gasteiger partial charge >= 0.3 is 0 Å². The molecule has 0 heterocycles. The number of alkyl halides is 1. The first-order valence-electron chi connectivity index (χ1n) is 9.44. The number of aryl methyl sites for hydroxylation is 1. The van der Waals surface area contributed by atoms with Crippen molar-refractivity contribution in [2.45, 2.75) is 58.2 Å². The molecule has 0 fully saturated rings. The summed E-state index contributed by atoms with van der Waals surface area (Å²) in [6.45, 7) is 10.2. The van der Waals surface area contributed by atoms with E-state index < -0.39 is 0 Å². The number of rotatable bonds is 10. The van der Waals surface area contributed by atoms with Crippen LogP contribution < -0.4 is 9.47 Å². The third-order valence-corrected chi connectivity index (χ3v) is 5.51. The van der Waals surface area contributed by atoms with Crippen LogP contribution in [-0.4, -0.2) is 18.0 Å². The van der Waals surface area contributed by atoms with Gasteiger partial charge in [-0.05, 0) is 73.1 Å². The van der Waals surface area contributed by atoms with Crippen LogP contribution in [-0.2, 0) is 0 Å². The maximum atomic E-state index is 5.93. The van der Waals surface area contributed by atoms with Crippen molar-refractivity contribution in [3.8, 4) is 11.5 Å². The van der Waals surface area contributed by atoms with Crippen molar-refractivity contribution in [2.75, 3.05) is 13.2 Å². The summed E-state index contributed by atoms with van der Waals surface area (Å²) in [4.78, 5) is 0.642. The number of benzene rings is 2. The molecule has 1 atom stereocenters. The van der Waals surface area contributed by atoms with E-state index in [0.29, 0.717) is 10.7 Å². The van der Waals surface area contributed by atoms with Gasteiger partial charge in [-0.25, -0.2) is 0 Å². The lowest BCUT2D eigenvalue weighted by Gasteiger charge is -2.14. The van der Waals surface area contributed by atoms with Gasteiger partial charge < -0.3 is 9.47 Å². The molecule has 0 saturated heterocycles. The van der Waals surface area contributed by atoms with Crippen LogP contribution in [0.1, 0.15) is 52.0 Å². The van der Waals surface area contributed by atoms with Gasteiger partial charge in [0.15, 0.2) is 0 Å². The molecule has 0 N–H and O–H groups in total. The van der Waals surface area contributed by atoms with E-state index in [1.54, 1.807) is 0 Å². The SMILES string of the molecule is CCC(Br)CCCCOc1ccc2c(C)c(OCC(C)C)ccc2c1. The predicted octanol–water partition coefficient (Wildman–Crippen LogP) is 6.91. The van der Waals surface area contributed by atoms with Gasteiger partial charge in [-0.15, -0.1) is 0 Å². The standard InChI is InChI=1S/C22H31BrO2/c1-5-19(23)8-6-7-13-24-20-10-11-21-17(4)22(25-15-16(2)3)12-9-18(21)14-20/h9-12,14,16,19H,5-8,13,15H2,1-4H3. The van der Waals surface area contributed by atoms with Crippen molar-refractivity contribution in [2.24, 2.45) is 5.92 Å². The van der Waals surface area contributed by atoms with Crippen LogP contribution in [0.4, 0.5) is 0 Å². The van der Waals surface area contributed by atoms with Crippen LogP contribution in [0.3, 0.4) is 0 Å². The van der Waals surface area contributed by atoms with Crippen LogP contribution in [0.2, 0.25) is 0 Å². The zero-order chi connectivity index (χ0) is 18.2. The fourth-order valence-corrected chi connectivity index (χ4v) is 3.13. The molecule has 138 valence electrons. The van der Waals surface area contributed by atoms with Gasteiger partial charge in [0.25, 0.3) is 0 Å². The van der Waals surface area contributed by atoms with Crippen LogP contribution >= 0.6 is 15.9 Å². The normalized spacial score (nSPS) is 12.6. The Morgan fingerprint density at radius 3 is 2.56 bits per heavy atom. The molecule has 0 bridgehead atoms. The number of fused-ring (bicyclic) bond motifs is 1. The highest BCUT2D eigenvalue weighted by atomic mass is 79.9. The van der Waals surface area contributed by atoms with E-state index in [1.807, 2.05) is 0 Å². The fraction of sp³-hybridized carbons (Fsp3) is 0.545. The number of unbranched alkanes of at least 4 members (excludes halogenated alkanes) is 1. The summed E-state index contributed by atoms with van der Waals surface area (Å²) >= 11 is 3.68. The molecule has 2 nitrogen and oxygen atoms in total. The van der Waals surface area contributed by atoms with Crippen LogP contribution in [0.15, 0.2) is 30.3 Å². The van der Waals surface area contributed by atoms with Gasteiger partial charge in [0, 0.05) is 4.83 Å². The van der Waals surface area contributed by atoms with Gasteiger partial charge in [-0.3, -0.25) is 0 Å². The van der Waals surface area contributed by atoms with Crippen molar-refractivity contribution >= 4 is 26.7 Å². The third-order valence-electron chi connectivity index (χ3n) is 4.41. The molecule has 1 unspecified atom stereocenters. The van der Waals surface area contributed by atoms with Gasteiger partial charge in [-0.1, -0.05) is 48.8 Å². The predicted molar refractivity (Wildman–Crippen MR) is 111 cm³/mol. The van der Waals surface area contributed by atoms with Crippen LogP contribution in [0.5, 0.6) is 11.5 Å². The Hall–Kier alpha value is -1.22. The first-order valence-corrected chi connectivity index (χ1v) is 10.4. The molecule has 0 aliphatic rings. The highest BCUT2D eigenvalue weighted by molar-refractivity contribution is 9.09. The van der Waals surface area contributed by atoms with Crippen molar-refractivity contribution in [1.82, 2.24) is 0 Å². The van der Waals surface area contributed by atoms with Gasteiger partial charge in [0.2, 0.25) is 0 Å². The maximum absolute atomic E-state index is 5.93. The van der Waals surface area contributed by atoms with E-state index in [9.17, 15) is 0 Å². The maximum Gasteiger partial charge on any atom is 0.122 e. The van der Waals surface area contributed by atoms with E-state index in [-0.39, 0.29) is 0 Å². The Morgan fingerprint density at radius 1 is 1.04 bits per heavy atom. The summed E-state index contributed by atoms with van der Waals surface area (Å²) in [7, 11) is 0. The monoisotopic (exact) mass is 406 g/mol. The summed E-state index contributed by atoms with van der Waals surface area (Å²) in [6, 6.07) is 10.6. The molecule has 0 aliphatic carbocycles. The minimum atomic E-state index is 0.531. The van der Waals surface area contributed by atoms with Crippen molar-refractivity contribution in [1.29, 1.82) is 0 Å². The molecule has 3 heteroatoms. The van der Waals surface area contributed by atoms with E-state index >= 15 is 0 Å². The molecule has 0 aromatic heterocycles. The fourth-order valence-electron chi connectivity index (χ4n) is 2.81. The number of hydrogen-bond donors (Lipinski definition) is 0.